The van der Waals surface area contributed by atoms with Crippen LogP contribution in [0.25, 0.3) is 5.57 Å². The Kier molecular flexibility index (Phi) is 5.08. The summed E-state index contributed by atoms with van der Waals surface area (Å²) in [5.74, 6) is -1.02. The Morgan fingerprint density at radius 2 is 1.62 bits per heavy atom. The maximum absolute atomic E-state index is 11.1. The molecule has 0 bridgehead atoms. The van der Waals surface area contributed by atoms with Gasteiger partial charge in [-0.05, 0) is 72.8 Å². The SMILES string of the molecule is Nc1c(Br)cc(/C(=C/C(=O)O)c2ccc(Cl)cc2)cc1Br. The van der Waals surface area contributed by atoms with Gasteiger partial charge in [0.15, 0.2) is 0 Å². The summed E-state index contributed by atoms with van der Waals surface area (Å²) in [6, 6.07) is 10.5. The van der Waals surface area contributed by atoms with E-state index in [0.29, 0.717) is 25.2 Å². The molecule has 0 amide bonds. The molecule has 3 N–H and O–H groups in total. The van der Waals surface area contributed by atoms with Gasteiger partial charge in [0, 0.05) is 20.0 Å². The lowest BCUT2D eigenvalue weighted by Crippen LogP contribution is -1.97. The van der Waals surface area contributed by atoms with Crippen LogP contribution in [0.1, 0.15) is 11.1 Å². The van der Waals surface area contributed by atoms with Crippen LogP contribution in [0.3, 0.4) is 0 Å². The largest absolute Gasteiger partial charge is 0.478 e. The number of carboxylic acids is 1. The van der Waals surface area contributed by atoms with E-state index in [-0.39, 0.29) is 0 Å². The van der Waals surface area contributed by atoms with Crippen LogP contribution in [0.4, 0.5) is 5.69 Å². The molecule has 0 saturated carbocycles. The van der Waals surface area contributed by atoms with E-state index in [1.165, 1.54) is 0 Å². The number of hydrogen-bond donors (Lipinski definition) is 2. The van der Waals surface area contributed by atoms with E-state index in [4.69, 9.17) is 22.4 Å². The first-order valence-electron chi connectivity index (χ1n) is 5.84. The van der Waals surface area contributed by atoms with Gasteiger partial charge in [-0.15, -0.1) is 0 Å². The second-order valence-electron chi connectivity index (χ2n) is 4.26. The van der Waals surface area contributed by atoms with E-state index in [1.807, 2.05) is 0 Å². The first-order chi connectivity index (χ1) is 9.88. The van der Waals surface area contributed by atoms with Crippen molar-refractivity contribution < 1.29 is 9.90 Å². The number of rotatable bonds is 3. The Hall–Kier alpha value is -1.30. The fourth-order valence-electron chi connectivity index (χ4n) is 1.83. The standard InChI is InChI=1S/C15H10Br2ClNO2/c16-12-5-9(6-13(17)15(12)19)11(7-14(20)21)8-1-3-10(18)4-2-8/h1-7H,19H2,(H,20,21)/b11-7+. The van der Waals surface area contributed by atoms with E-state index in [1.54, 1.807) is 36.4 Å². The van der Waals surface area contributed by atoms with Crippen LogP contribution in [-0.2, 0) is 4.79 Å². The van der Waals surface area contributed by atoms with Crippen molar-refractivity contribution in [2.75, 3.05) is 5.73 Å². The van der Waals surface area contributed by atoms with Gasteiger partial charge in [0.25, 0.3) is 0 Å². The quantitative estimate of drug-likeness (QED) is 0.533. The minimum Gasteiger partial charge on any atom is -0.478 e. The third-order valence-corrected chi connectivity index (χ3v) is 4.38. The summed E-state index contributed by atoms with van der Waals surface area (Å²) in [6.45, 7) is 0. The fraction of sp³-hybridized carbons (Fsp3) is 0. The summed E-state index contributed by atoms with van der Waals surface area (Å²) in [4.78, 5) is 11.1. The van der Waals surface area contributed by atoms with Crippen LogP contribution in [0.15, 0.2) is 51.4 Å². The summed E-state index contributed by atoms with van der Waals surface area (Å²) in [6.07, 6.45) is 1.16. The highest BCUT2D eigenvalue weighted by molar-refractivity contribution is 9.11. The number of carbonyl (C=O) groups is 1. The first-order valence-corrected chi connectivity index (χ1v) is 7.80. The predicted molar refractivity (Wildman–Crippen MR) is 92.4 cm³/mol. The smallest absolute Gasteiger partial charge is 0.328 e. The highest BCUT2D eigenvalue weighted by Crippen LogP contribution is 2.34. The number of nitrogen functional groups attached to an aromatic ring is 1. The summed E-state index contributed by atoms with van der Waals surface area (Å²) >= 11 is 12.6. The highest BCUT2D eigenvalue weighted by atomic mass is 79.9. The van der Waals surface area contributed by atoms with Crippen molar-refractivity contribution >= 4 is 60.7 Å². The van der Waals surface area contributed by atoms with Crippen LogP contribution >= 0.6 is 43.5 Å². The number of carboxylic acid groups (broad SMARTS) is 1. The van der Waals surface area contributed by atoms with Crippen molar-refractivity contribution in [3.8, 4) is 0 Å². The average molecular weight is 432 g/mol. The summed E-state index contributed by atoms with van der Waals surface area (Å²) in [5, 5.41) is 9.69. The molecule has 0 aliphatic carbocycles. The van der Waals surface area contributed by atoms with Crippen molar-refractivity contribution in [3.05, 3.63) is 67.6 Å². The van der Waals surface area contributed by atoms with Crippen molar-refractivity contribution in [1.29, 1.82) is 0 Å². The van der Waals surface area contributed by atoms with Crippen LogP contribution in [-0.4, -0.2) is 11.1 Å². The summed E-state index contributed by atoms with van der Waals surface area (Å²) in [5.41, 5.74) is 8.48. The van der Waals surface area contributed by atoms with Crippen LogP contribution < -0.4 is 5.73 Å². The summed E-state index contributed by atoms with van der Waals surface area (Å²) in [7, 11) is 0. The Morgan fingerprint density at radius 1 is 1.10 bits per heavy atom. The van der Waals surface area contributed by atoms with Gasteiger partial charge >= 0.3 is 5.97 Å². The van der Waals surface area contributed by atoms with Gasteiger partial charge < -0.3 is 10.8 Å². The van der Waals surface area contributed by atoms with Gasteiger partial charge in [-0.2, -0.15) is 0 Å². The number of anilines is 1. The molecular formula is C15H10Br2ClNO2. The van der Waals surface area contributed by atoms with Crippen LogP contribution in [0.2, 0.25) is 5.02 Å². The minimum atomic E-state index is -1.02. The van der Waals surface area contributed by atoms with Gasteiger partial charge in [0.05, 0.1) is 5.69 Å². The molecule has 2 aromatic carbocycles. The second kappa shape index (κ2) is 6.64. The molecule has 108 valence electrons. The molecule has 0 atom stereocenters. The number of hydrogen-bond acceptors (Lipinski definition) is 2. The Morgan fingerprint density at radius 3 is 2.10 bits per heavy atom. The normalized spacial score (nSPS) is 11.5. The molecule has 2 rings (SSSR count). The number of aliphatic carboxylic acids is 1. The molecule has 0 heterocycles. The first kappa shape index (κ1) is 16.1. The minimum absolute atomic E-state index is 0.560. The Balaban J connectivity index is 2.62. The molecule has 6 heteroatoms. The van der Waals surface area contributed by atoms with Gasteiger partial charge in [-0.25, -0.2) is 4.79 Å². The molecule has 0 radical (unpaired) electrons. The van der Waals surface area contributed by atoms with Gasteiger partial charge in [0.1, 0.15) is 0 Å². The zero-order chi connectivity index (χ0) is 15.6. The molecule has 0 aliphatic heterocycles. The van der Waals surface area contributed by atoms with Gasteiger partial charge in [-0.1, -0.05) is 23.7 Å². The van der Waals surface area contributed by atoms with E-state index >= 15 is 0 Å². The molecule has 2 aromatic rings. The van der Waals surface area contributed by atoms with E-state index in [0.717, 1.165) is 17.2 Å². The third-order valence-electron chi connectivity index (χ3n) is 2.81. The average Bonchev–Trinajstić information content (AvgIpc) is 2.42. The molecule has 3 nitrogen and oxygen atoms in total. The molecule has 0 aliphatic rings. The summed E-state index contributed by atoms with van der Waals surface area (Å²) < 4.78 is 1.38. The fourth-order valence-corrected chi connectivity index (χ4v) is 3.14. The van der Waals surface area contributed by atoms with Crippen molar-refractivity contribution in [2.24, 2.45) is 0 Å². The maximum Gasteiger partial charge on any atom is 0.328 e. The topological polar surface area (TPSA) is 63.3 Å². The molecule has 21 heavy (non-hydrogen) atoms. The lowest BCUT2D eigenvalue weighted by atomic mass is 9.97. The lowest BCUT2D eigenvalue weighted by Gasteiger charge is -2.11. The van der Waals surface area contributed by atoms with Gasteiger partial charge in [0.2, 0.25) is 0 Å². The monoisotopic (exact) mass is 429 g/mol. The second-order valence-corrected chi connectivity index (χ2v) is 6.40. The molecule has 0 fully saturated rings. The number of nitrogens with two attached hydrogens (primary N) is 1. The lowest BCUT2D eigenvalue weighted by molar-refractivity contribution is -0.131. The van der Waals surface area contributed by atoms with E-state index in [2.05, 4.69) is 31.9 Å². The molecular weight excluding hydrogens is 421 g/mol. The van der Waals surface area contributed by atoms with Crippen LogP contribution in [0, 0.1) is 0 Å². The number of halogens is 3. The molecule has 0 saturated heterocycles. The van der Waals surface area contributed by atoms with Crippen molar-refractivity contribution in [1.82, 2.24) is 0 Å². The number of benzene rings is 2. The maximum atomic E-state index is 11.1. The molecule has 0 unspecified atom stereocenters. The zero-order valence-corrected chi connectivity index (χ0v) is 14.5. The van der Waals surface area contributed by atoms with Crippen molar-refractivity contribution in [2.45, 2.75) is 0 Å². The van der Waals surface area contributed by atoms with E-state index in [9.17, 15) is 4.79 Å². The molecule has 0 aromatic heterocycles. The highest BCUT2D eigenvalue weighted by Gasteiger charge is 2.11. The van der Waals surface area contributed by atoms with Crippen LogP contribution in [0.5, 0.6) is 0 Å². The zero-order valence-electron chi connectivity index (χ0n) is 10.6. The van der Waals surface area contributed by atoms with Gasteiger partial charge in [-0.3, -0.25) is 0 Å². The predicted octanol–water partition coefficient (Wildman–Crippen LogP) is 4.96. The van der Waals surface area contributed by atoms with E-state index < -0.39 is 5.97 Å². The molecule has 0 spiro atoms. The van der Waals surface area contributed by atoms with Crippen molar-refractivity contribution in [3.63, 3.8) is 0 Å². The Bertz CT molecular complexity index is 704. The Labute approximate surface area is 143 Å². The third kappa shape index (κ3) is 3.87.